The molecule has 42 heavy (non-hydrogen) atoms. The zero-order valence-electron chi connectivity index (χ0n) is 22.1. The Kier molecular flexibility index (Phi) is 6.20. The van der Waals surface area contributed by atoms with Crippen molar-refractivity contribution in [2.75, 3.05) is 12.1 Å². The monoisotopic (exact) mass is 561 g/mol. The molecule has 0 atom stereocenters. The van der Waals surface area contributed by atoms with Crippen molar-refractivity contribution in [3.63, 3.8) is 0 Å². The Bertz CT molecular complexity index is 2080. The van der Waals surface area contributed by atoms with Crippen LogP contribution in [0.15, 0.2) is 111 Å². The highest BCUT2D eigenvalue weighted by molar-refractivity contribution is 6.03. The maximum absolute atomic E-state index is 13.8. The lowest BCUT2D eigenvalue weighted by atomic mass is 10.2. The fourth-order valence-corrected chi connectivity index (χ4v) is 4.98. The van der Waals surface area contributed by atoms with Gasteiger partial charge in [-0.05, 0) is 66.2 Å². The molecule has 1 N–H and O–H groups in total. The Labute approximate surface area is 237 Å². The van der Waals surface area contributed by atoms with Gasteiger partial charge >= 0.3 is 5.69 Å². The maximum Gasteiger partial charge on any atom is 0.332 e. The van der Waals surface area contributed by atoms with E-state index in [1.165, 1.54) is 4.57 Å². The SMILES string of the molecule is O=C(Cn1c(=O)n(Cc2ccc3c(c2)OCO3)c(=O)c2oc3ccccc3c21)Nc1ccc(Oc2ccccc2)cc1. The second-order valence-electron chi connectivity index (χ2n) is 9.71. The van der Waals surface area contributed by atoms with Crippen LogP contribution in [0.25, 0.3) is 22.1 Å². The number of hydrogen-bond donors (Lipinski definition) is 1. The first-order valence-electron chi connectivity index (χ1n) is 13.2. The third kappa shape index (κ3) is 4.64. The highest BCUT2D eigenvalue weighted by Gasteiger charge is 2.22. The number of amides is 1. The average Bonchev–Trinajstić information content (AvgIpc) is 3.64. The molecule has 0 fully saturated rings. The van der Waals surface area contributed by atoms with E-state index in [4.69, 9.17) is 18.6 Å². The number of hydrogen-bond acceptors (Lipinski definition) is 7. The summed E-state index contributed by atoms with van der Waals surface area (Å²) in [4.78, 5) is 40.6. The molecule has 0 aliphatic carbocycles. The molecule has 6 aromatic rings. The molecule has 1 aliphatic rings. The molecule has 7 rings (SSSR count). The van der Waals surface area contributed by atoms with Crippen molar-refractivity contribution >= 4 is 33.7 Å². The number of para-hydroxylation sites is 2. The van der Waals surface area contributed by atoms with Crippen LogP contribution in [0.2, 0.25) is 0 Å². The van der Waals surface area contributed by atoms with Gasteiger partial charge in [-0.15, -0.1) is 0 Å². The van der Waals surface area contributed by atoms with Crippen LogP contribution in [-0.4, -0.2) is 21.8 Å². The molecule has 208 valence electrons. The number of rotatable bonds is 7. The van der Waals surface area contributed by atoms with Gasteiger partial charge in [0.25, 0.3) is 5.56 Å². The number of ether oxygens (including phenoxy) is 3. The van der Waals surface area contributed by atoms with Crippen LogP contribution < -0.4 is 30.8 Å². The molecule has 3 heterocycles. The lowest BCUT2D eigenvalue weighted by Gasteiger charge is -2.13. The van der Waals surface area contributed by atoms with E-state index in [1.807, 2.05) is 30.3 Å². The van der Waals surface area contributed by atoms with E-state index in [9.17, 15) is 14.4 Å². The first kappa shape index (κ1) is 25.2. The second-order valence-corrected chi connectivity index (χ2v) is 9.71. The molecule has 1 aliphatic heterocycles. The summed E-state index contributed by atoms with van der Waals surface area (Å²) in [5, 5.41) is 3.39. The Morgan fingerprint density at radius 3 is 2.38 bits per heavy atom. The summed E-state index contributed by atoms with van der Waals surface area (Å²) in [6.45, 7) is -0.289. The summed E-state index contributed by atoms with van der Waals surface area (Å²) >= 11 is 0. The number of carbonyl (C=O) groups is 1. The Morgan fingerprint density at radius 1 is 0.810 bits per heavy atom. The van der Waals surface area contributed by atoms with E-state index >= 15 is 0 Å². The summed E-state index contributed by atoms with van der Waals surface area (Å²) in [5.41, 5.74) is 0.648. The molecule has 1 amide bonds. The molecule has 10 nitrogen and oxygen atoms in total. The van der Waals surface area contributed by atoms with Crippen LogP contribution in [-0.2, 0) is 17.9 Å². The molecule has 2 aromatic heterocycles. The van der Waals surface area contributed by atoms with Crippen molar-refractivity contribution in [1.82, 2.24) is 9.13 Å². The van der Waals surface area contributed by atoms with Gasteiger partial charge in [-0.2, -0.15) is 0 Å². The summed E-state index contributed by atoms with van der Waals surface area (Å²) in [6.07, 6.45) is 0. The molecular weight excluding hydrogens is 538 g/mol. The third-order valence-electron chi connectivity index (χ3n) is 6.94. The van der Waals surface area contributed by atoms with Gasteiger partial charge in [0.2, 0.25) is 18.3 Å². The standard InChI is InChI=1S/C32H23N3O7/c36-28(33-21-11-13-23(14-12-21)41-22-6-2-1-3-7-22)18-34-29-24-8-4-5-9-25(24)42-30(29)31(37)35(32(34)38)17-20-10-15-26-27(16-20)40-19-39-26/h1-16H,17-19H2,(H,33,36). The zero-order valence-corrected chi connectivity index (χ0v) is 22.1. The molecule has 0 bridgehead atoms. The summed E-state index contributed by atoms with van der Waals surface area (Å²) in [7, 11) is 0. The normalized spacial score (nSPS) is 12.1. The van der Waals surface area contributed by atoms with Crippen molar-refractivity contribution < 1.29 is 23.4 Å². The summed E-state index contributed by atoms with van der Waals surface area (Å²) < 4.78 is 24.9. The lowest BCUT2D eigenvalue weighted by molar-refractivity contribution is -0.116. The van der Waals surface area contributed by atoms with Crippen molar-refractivity contribution in [3.8, 4) is 23.0 Å². The molecule has 10 heteroatoms. The van der Waals surface area contributed by atoms with E-state index < -0.39 is 17.2 Å². The number of aromatic nitrogens is 2. The van der Waals surface area contributed by atoms with Gasteiger partial charge < -0.3 is 23.9 Å². The molecule has 0 radical (unpaired) electrons. The molecule has 4 aromatic carbocycles. The Hall–Kier alpha value is -5.77. The summed E-state index contributed by atoms with van der Waals surface area (Å²) in [5.74, 6) is 1.98. The van der Waals surface area contributed by atoms with E-state index in [0.29, 0.717) is 45.2 Å². The average molecular weight is 562 g/mol. The number of nitrogens with zero attached hydrogens (tertiary/aromatic N) is 2. The largest absolute Gasteiger partial charge is 0.457 e. The van der Waals surface area contributed by atoms with Crippen molar-refractivity contribution in [1.29, 1.82) is 0 Å². The van der Waals surface area contributed by atoms with Gasteiger partial charge in [-0.3, -0.25) is 18.7 Å². The van der Waals surface area contributed by atoms with Gasteiger partial charge in [0, 0.05) is 11.1 Å². The minimum Gasteiger partial charge on any atom is -0.457 e. The van der Waals surface area contributed by atoms with Crippen molar-refractivity contribution in [2.45, 2.75) is 13.1 Å². The Balaban J connectivity index is 1.21. The summed E-state index contributed by atoms with van der Waals surface area (Å²) in [6, 6.07) is 28.5. The number of fused-ring (bicyclic) bond motifs is 4. The minimum atomic E-state index is -0.640. The minimum absolute atomic E-state index is 0.00763. The molecule has 0 spiro atoms. The van der Waals surface area contributed by atoms with Gasteiger partial charge in [-0.25, -0.2) is 4.79 Å². The van der Waals surface area contributed by atoms with Crippen molar-refractivity contribution in [3.05, 3.63) is 123 Å². The molecule has 0 saturated carbocycles. The number of carbonyl (C=O) groups excluding carboxylic acids is 1. The van der Waals surface area contributed by atoms with Gasteiger partial charge in [0.15, 0.2) is 11.5 Å². The fourth-order valence-electron chi connectivity index (χ4n) is 4.98. The highest BCUT2D eigenvalue weighted by Crippen LogP contribution is 2.33. The van der Waals surface area contributed by atoms with Crippen LogP contribution in [0.3, 0.4) is 0 Å². The smallest absolute Gasteiger partial charge is 0.332 e. The molecular formula is C32H23N3O7. The number of furan rings is 1. The van der Waals surface area contributed by atoms with Crippen LogP contribution in [0.4, 0.5) is 5.69 Å². The maximum atomic E-state index is 13.8. The van der Waals surface area contributed by atoms with Gasteiger partial charge in [0.05, 0.1) is 6.54 Å². The van der Waals surface area contributed by atoms with E-state index in [2.05, 4.69) is 5.32 Å². The van der Waals surface area contributed by atoms with Crippen LogP contribution >= 0.6 is 0 Å². The zero-order chi connectivity index (χ0) is 28.6. The van der Waals surface area contributed by atoms with Crippen LogP contribution in [0, 0.1) is 0 Å². The van der Waals surface area contributed by atoms with Gasteiger partial charge in [0.1, 0.15) is 29.1 Å². The first-order valence-corrected chi connectivity index (χ1v) is 13.2. The van der Waals surface area contributed by atoms with E-state index in [0.717, 1.165) is 4.57 Å². The first-order chi connectivity index (χ1) is 20.5. The quantitative estimate of drug-likeness (QED) is 0.288. The third-order valence-corrected chi connectivity index (χ3v) is 6.94. The topological polar surface area (TPSA) is 114 Å². The van der Waals surface area contributed by atoms with Crippen molar-refractivity contribution in [2.24, 2.45) is 0 Å². The molecule has 0 saturated heterocycles. The number of benzene rings is 4. The predicted octanol–water partition coefficient (Wildman–Crippen LogP) is 5.12. The number of nitrogens with one attached hydrogen (secondary N) is 1. The van der Waals surface area contributed by atoms with Crippen LogP contribution in [0.1, 0.15) is 5.56 Å². The van der Waals surface area contributed by atoms with Crippen LogP contribution in [0.5, 0.6) is 23.0 Å². The van der Waals surface area contributed by atoms with E-state index in [1.54, 1.807) is 66.7 Å². The van der Waals surface area contributed by atoms with Gasteiger partial charge in [-0.1, -0.05) is 36.4 Å². The fraction of sp³-hybridized carbons (Fsp3) is 0.0938. The second kappa shape index (κ2) is 10.3. The predicted molar refractivity (Wildman–Crippen MR) is 155 cm³/mol. The molecule has 0 unspecified atom stereocenters. The Morgan fingerprint density at radius 2 is 1.55 bits per heavy atom. The highest BCUT2D eigenvalue weighted by atomic mass is 16.7. The van der Waals surface area contributed by atoms with E-state index in [-0.39, 0.29) is 31.0 Å². The lowest BCUT2D eigenvalue weighted by Crippen LogP contribution is -2.41. The number of anilines is 1.